The first-order valence-corrected chi connectivity index (χ1v) is 7.50. The third-order valence-corrected chi connectivity index (χ3v) is 3.25. The monoisotopic (exact) mass is 261 g/mol. The predicted molar refractivity (Wildman–Crippen MR) is 83.4 cm³/mol. The van der Waals surface area contributed by atoms with E-state index in [0.29, 0.717) is 0 Å². The highest BCUT2D eigenvalue weighted by Crippen LogP contribution is 2.10. The van der Waals surface area contributed by atoms with Gasteiger partial charge in [-0.05, 0) is 36.2 Å². The molecule has 0 fully saturated rings. The van der Waals surface area contributed by atoms with Crippen LogP contribution in [0.15, 0.2) is 29.3 Å². The highest BCUT2D eigenvalue weighted by molar-refractivity contribution is 5.79. The lowest BCUT2D eigenvalue weighted by Gasteiger charge is -2.00. The minimum absolute atomic E-state index is 0.893. The molecule has 1 rings (SSSR count). The van der Waals surface area contributed by atoms with Crippen LogP contribution in [0, 0.1) is 0 Å². The zero-order valence-electron chi connectivity index (χ0n) is 12.4. The SMILES string of the molecule is CCCCCCCCC/N=C/c1ccc(OC)cc1. The van der Waals surface area contributed by atoms with Crippen molar-refractivity contribution in [2.75, 3.05) is 13.7 Å². The molecular weight excluding hydrogens is 234 g/mol. The van der Waals surface area contributed by atoms with Gasteiger partial charge in [0.2, 0.25) is 0 Å². The highest BCUT2D eigenvalue weighted by Gasteiger charge is 1.91. The smallest absolute Gasteiger partial charge is 0.118 e. The fourth-order valence-electron chi connectivity index (χ4n) is 2.02. The summed E-state index contributed by atoms with van der Waals surface area (Å²) in [5.74, 6) is 0.893. The van der Waals surface area contributed by atoms with Crippen LogP contribution in [0.25, 0.3) is 0 Å². The Bertz CT molecular complexity index is 343. The largest absolute Gasteiger partial charge is 0.497 e. The molecule has 0 spiro atoms. The molecule has 1 aromatic rings. The minimum atomic E-state index is 0.893. The van der Waals surface area contributed by atoms with Gasteiger partial charge in [-0.2, -0.15) is 0 Å². The fraction of sp³-hybridized carbons (Fsp3) is 0.588. The lowest BCUT2D eigenvalue weighted by molar-refractivity contribution is 0.415. The molecule has 0 saturated heterocycles. The zero-order chi connectivity index (χ0) is 13.8. The van der Waals surface area contributed by atoms with Gasteiger partial charge in [0, 0.05) is 12.8 Å². The number of rotatable bonds is 10. The van der Waals surface area contributed by atoms with Crippen molar-refractivity contribution in [3.8, 4) is 5.75 Å². The molecule has 0 aromatic heterocycles. The first-order chi connectivity index (χ1) is 9.36. The molecule has 0 N–H and O–H groups in total. The van der Waals surface area contributed by atoms with Crippen molar-refractivity contribution in [1.82, 2.24) is 0 Å². The number of hydrogen-bond acceptors (Lipinski definition) is 2. The summed E-state index contributed by atoms with van der Waals surface area (Å²) < 4.78 is 5.12. The Balaban J connectivity index is 2.06. The quantitative estimate of drug-likeness (QED) is 0.435. The van der Waals surface area contributed by atoms with Crippen LogP contribution < -0.4 is 4.74 Å². The second kappa shape index (κ2) is 10.6. The normalized spacial score (nSPS) is 11.1. The van der Waals surface area contributed by atoms with Gasteiger partial charge in [-0.1, -0.05) is 45.4 Å². The summed E-state index contributed by atoms with van der Waals surface area (Å²) in [5.41, 5.74) is 1.14. The molecule has 0 aliphatic rings. The van der Waals surface area contributed by atoms with Crippen LogP contribution in [-0.2, 0) is 0 Å². The number of hydrogen-bond donors (Lipinski definition) is 0. The summed E-state index contributed by atoms with van der Waals surface area (Å²) in [4.78, 5) is 4.47. The summed E-state index contributed by atoms with van der Waals surface area (Å²) in [6, 6.07) is 8.00. The number of methoxy groups -OCH3 is 1. The van der Waals surface area contributed by atoms with Gasteiger partial charge in [0.25, 0.3) is 0 Å². The van der Waals surface area contributed by atoms with Crippen molar-refractivity contribution in [2.45, 2.75) is 51.9 Å². The molecule has 0 unspecified atom stereocenters. The Labute approximate surface area is 117 Å². The summed E-state index contributed by atoms with van der Waals surface area (Å²) in [5, 5.41) is 0. The average molecular weight is 261 g/mol. The molecule has 106 valence electrons. The molecule has 0 radical (unpaired) electrons. The molecule has 0 aliphatic heterocycles. The topological polar surface area (TPSA) is 21.6 Å². The summed E-state index contributed by atoms with van der Waals surface area (Å²) >= 11 is 0. The van der Waals surface area contributed by atoms with E-state index in [1.807, 2.05) is 30.5 Å². The van der Waals surface area contributed by atoms with Crippen molar-refractivity contribution < 1.29 is 4.74 Å². The van der Waals surface area contributed by atoms with Crippen molar-refractivity contribution in [2.24, 2.45) is 4.99 Å². The molecule has 0 atom stereocenters. The molecule has 0 amide bonds. The summed E-state index contributed by atoms with van der Waals surface area (Å²) in [7, 11) is 1.68. The Kier molecular flexibility index (Phi) is 8.78. The van der Waals surface area contributed by atoms with Gasteiger partial charge in [-0.15, -0.1) is 0 Å². The van der Waals surface area contributed by atoms with E-state index in [9.17, 15) is 0 Å². The Hall–Kier alpha value is -1.31. The van der Waals surface area contributed by atoms with Gasteiger partial charge in [0.15, 0.2) is 0 Å². The van der Waals surface area contributed by atoms with Crippen LogP contribution >= 0.6 is 0 Å². The van der Waals surface area contributed by atoms with E-state index in [2.05, 4.69) is 11.9 Å². The van der Waals surface area contributed by atoms with E-state index in [1.165, 1.54) is 44.9 Å². The fourth-order valence-corrected chi connectivity index (χ4v) is 2.02. The standard InChI is InChI=1S/C17H27NO/c1-3-4-5-6-7-8-9-14-18-15-16-10-12-17(19-2)13-11-16/h10-13,15H,3-9,14H2,1-2H3/b18-15+. The lowest BCUT2D eigenvalue weighted by atomic mass is 10.1. The van der Waals surface area contributed by atoms with Crippen molar-refractivity contribution in [3.63, 3.8) is 0 Å². The van der Waals surface area contributed by atoms with E-state index < -0.39 is 0 Å². The number of nitrogens with zero attached hydrogens (tertiary/aromatic N) is 1. The number of unbranched alkanes of at least 4 members (excludes halogenated alkanes) is 6. The van der Waals surface area contributed by atoms with Crippen LogP contribution in [0.4, 0.5) is 0 Å². The molecule has 0 bridgehead atoms. The number of aliphatic imine (C=N–C) groups is 1. The Morgan fingerprint density at radius 3 is 2.21 bits per heavy atom. The Morgan fingerprint density at radius 1 is 0.947 bits per heavy atom. The molecule has 19 heavy (non-hydrogen) atoms. The lowest BCUT2D eigenvalue weighted by Crippen LogP contribution is -1.87. The van der Waals surface area contributed by atoms with Crippen molar-refractivity contribution >= 4 is 6.21 Å². The molecule has 0 aliphatic carbocycles. The van der Waals surface area contributed by atoms with Gasteiger partial charge in [-0.3, -0.25) is 4.99 Å². The second-order valence-corrected chi connectivity index (χ2v) is 4.93. The third-order valence-electron chi connectivity index (χ3n) is 3.25. The molecule has 2 nitrogen and oxygen atoms in total. The maximum Gasteiger partial charge on any atom is 0.118 e. The van der Waals surface area contributed by atoms with Gasteiger partial charge >= 0.3 is 0 Å². The van der Waals surface area contributed by atoms with Crippen molar-refractivity contribution in [3.05, 3.63) is 29.8 Å². The van der Waals surface area contributed by atoms with Gasteiger partial charge in [0.05, 0.1) is 7.11 Å². The first kappa shape index (κ1) is 15.7. The highest BCUT2D eigenvalue weighted by atomic mass is 16.5. The van der Waals surface area contributed by atoms with Crippen LogP contribution in [0.5, 0.6) is 5.75 Å². The van der Waals surface area contributed by atoms with E-state index in [-0.39, 0.29) is 0 Å². The minimum Gasteiger partial charge on any atom is -0.497 e. The summed E-state index contributed by atoms with van der Waals surface area (Å²) in [6.45, 7) is 3.20. The van der Waals surface area contributed by atoms with Crippen LogP contribution in [0.2, 0.25) is 0 Å². The molecule has 2 heteroatoms. The van der Waals surface area contributed by atoms with Gasteiger partial charge < -0.3 is 4.74 Å². The summed E-state index contributed by atoms with van der Waals surface area (Å²) in [6.07, 6.45) is 11.3. The predicted octanol–water partition coefficient (Wildman–Crippen LogP) is 4.86. The average Bonchev–Trinajstić information content (AvgIpc) is 2.46. The van der Waals surface area contributed by atoms with Crippen LogP contribution in [0.1, 0.15) is 57.4 Å². The third kappa shape index (κ3) is 7.66. The van der Waals surface area contributed by atoms with E-state index in [4.69, 9.17) is 4.74 Å². The molecule has 1 aromatic carbocycles. The maximum atomic E-state index is 5.12. The van der Waals surface area contributed by atoms with Crippen LogP contribution in [-0.4, -0.2) is 19.9 Å². The maximum absolute atomic E-state index is 5.12. The van der Waals surface area contributed by atoms with E-state index in [1.54, 1.807) is 7.11 Å². The van der Waals surface area contributed by atoms with Crippen molar-refractivity contribution in [1.29, 1.82) is 0 Å². The van der Waals surface area contributed by atoms with E-state index >= 15 is 0 Å². The van der Waals surface area contributed by atoms with Gasteiger partial charge in [-0.25, -0.2) is 0 Å². The number of ether oxygens (including phenoxy) is 1. The zero-order valence-corrected chi connectivity index (χ0v) is 12.4. The van der Waals surface area contributed by atoms with E-state index in [0.717, 1.165) is 17.9 Å². The second-order valence-electron chi connectivity index (χ2n) is 4.93. The number of benzene rings is 1. The molecule has 0 heterocycles. The first-order valence-electron chi connectivity index (χ1n) is 7.50. The molecule has 0 saturated carbocycles. The van der Waals surface area contributed by atoms with Crippen LogP contribution in [0.3, 0.4) is 0 Å². The van der Waals surface area contributed by atoms with Gasteiger partial charge in [0.1, 0.15) is 5.75 Å². The molecular formula is C17H27NO. The Morgan fingerprint density at radius 2 is 1.58 bits per heavy atom.